The van der Waals surface area contributed by atoms with Gasteiger partial charge in [-0.2, -0.15) is 8.78 Å². The SMILES string of the molecule is CCCOc1ccc(CNC(=NC)NCCc2csc(CC)n2)c(OC(F)F)c1.I. The molecule has 2 aromatic rings. The van der Waals surface area contributed by atoms with Crippen LogP contribution >= 0.6 is 35.3 Å². The highest BCUT2D eigenvalue weighted by atomic mass is 127. The number of nitrogens with one attached hydrogen (secondary N) is 2. The van der Waals surface area contributed by atoms with Gasteiger partial charge in [0.15, 0.2) is 5.96 Å². The van der Waals surface area contributed by atoms with Gasteiger partial charge < -0.3 is 20.1 Å². The molecule has 0 aliphatic heterocycles. The van der Waals surface area contributed by atoms with Gasteiger partial charge in [0.2, 0.25) is 0 Å². The summed E-state index contributed by atoms with van der Waals surface area (Å²) in [7, 11) is 1.66. The first-order chi connectivity index (χ1) is 14.0. The largest absolute Gasteiger partial charge is 0.493 e. The fourth-order valence-corrected chi connectivity index (χ4v) is 3.31. The van der Waals surface area contributed by atoms with Gasteiger partial charge in [0, 0.05) is 43.6 Å². The smallest absolute Gasteiger partial charge is 0.387 e. The third kappa shape index (κ3) is 8.99. The van der Waals surface area contributed by atoms with Gasteiger partial charge in [-0.3, -0.25) is 4.99 Å². The Morgan fingerprint density at radius 1 is 1.27 bits per heavy atom. The molecule has 0 fully saturated rings. The molecule has 0 atom stereocenters. The number of nitrogens with zero attached hydrogens (tertiary/aromatic N) is 2. The van der Waals surface area contributed by atoms with Crippen LogP contribution < -0.4 is 20.1 Å². The number of ether oxygens (including phenoxy) is 2. The van der Waals surface area contributed by atoms with E-state index in [0.29, 0.717) is 30.4 Å². The molecule has 0 spiro atoms. The van der Waals surface area contributed by atoms with Gasteiger partial charge in [-0.25, -0.2) is 4.98 Å². The van der Waals surface area contributed by atoms with Crippen LogP contribution in [0.1, 0.15) is 36.5 Å². The van der Waals surface area contributed by atoms with E-state index in [9.17, 15) is 8.78 Å². The van der Waals surface area contributed by atoms with Gasteiger partial charge in [-0.15, -0.1) is 35.3 Å². The normalized spacial score (nSPS) is 11.2. The van der Waals surface area contributed by atoms with E-state index in [2.05, 4.69) is 37.7 Å². The Kier molecular flexibility index (Phi) is 12.6. The number of rotatable bonds is 11. The van der Waals surface area contributed by atoms with Crippen LogP contribution in [0.2, 0.25) is 0 Å². The Morgan fingerprint density at radius 3 is 2.70 bits per heavy atom. The predicted molar refractivity (Wildman–Crippen MR) is 128 cm³/mol. The van der Waals surface area contributed by atoms with Crippen LogP contribution in [0.3, 0.4) is 0 Å². The molecule has 6 nitrogen and oxygen atoms in total. The molecule has 10 heteroatoms. The van der Waals surface area contributed by atoms with E-state index < -0.39 is 6.61 Å². The first-order valence-electron chi connectivity index (χ1n) is 9.64. The first kappa shape index (κ1) is 26.3. The Hall–Kier alpha value is -1.69. The molecular weight excluding hydrogens is 525 g/mol. The molecule has 0 amide bonds. The van der Waals surface area contributed by atoms with Crippen LogP contribution in [0.4, 0.5) is 8.78 Å². The van der Waals surface area contributed by atoms with Crippen LogP contribution in [0.15, 0.2) is 28.6 Å². The monoisotopic (exact) mass is 554 g/mol. The van der Waals surface area contributed by atoms with E-state index in [0.717, 1.165) is 30.0 Å². The summed E-state index contributed by atoms with van der Waals surface area (Å²) >= 11 is 1.66. The van der Waals surface area contributed by atoms with Crippen molar-refractivity contribution in [1.82, 2.24) is 15.6 Å². The fraction of sp³-hybridized carbons (Fsp3) is 0.500. The molecule has 2 rings (SSSR count). The number of hydrogen-bond donors (Lipinski definition) is 2. The van der Waals surface area contributed by atoms with Gasteiger partial charge >= 0.3 is 6.61 Å². The Balaban J connectivity index is 0.00000450. The van der Waals surface area contributed by atoms with E-state index in [1.165, 1.54) is 6.07 Å². The second kappa shape index (κ2) is 14.3. The van der Waals surface area contributed by atoms with Crippen molar-refractivity contribution in [2.45, 2.75) is 46.3 Å². The summed E-state index contributed by atoms with van der Waals surface area (Å²) in [5.41, 5.74) is 1.63. The minimum Gasteiger partial charge on any atom is -0.493 e. The Bertz CT molecular complexity index is 790. The lowest BCUT2D eigenvalue weighted by Crippen LogP contribution is -2.38. The number of benzene rings is 1. The summed E-state index contributed by atoms with van der Waals surface area (Å²) in [5, 5.41) is 9.51. The van der Waals surface area contributed by atoms with E-state index in [4.69, 9.17) is 4.74 Å². The van der Waals surface area contributed by atoms with Crippen LogP contribution in [-0.4, -0.2) is 37.8 Å². The molecule has 1 aromatic heterocycles. The van der Waals surface area contributed by atoms with Gasteiger partial charge in [0.05, 0.1) is 17.3 Å². The molecule has 30 heavy (non-hydrogen) atoms. The highest BCUT2D eigenvalue weighted by Crippen LogP contribution is 2.26. The Morgan fingerprint density at radius 2 is 2.07 bits per heavy atom. The zero-order valence-electron chi connectivity index (χ0n) is 17.4. The minimum absolute atomic E-state index is 0. The van der Waals surface area contributed by atoms with Gasteiger partial charge in [0.25, 0.3) is 0 Å². The van der Waals surface area contributed by atoms with Crippen LogP contribution in [0.5, 0.6) is 11.5 Å². The molecule has 0 unspecified atom stereocenters. The molecule has 1 aromatic carbocycles. The van der Waals surface area contributed by atoms with E-state index in [1.807, 2.05) is 6.92 Å². The van der Waals surface area contributed by atoms with Gasteiger partial charge in [-0.1, -0.05) is 13.8 Å². The van der Waals surface area contributed by atoms with Crippen molar-refractivity contribution >= 4 is 41.3 Å². The van der Waals surface area contributed by atoms with Crippen LogP contribution in [0.25, 0.3) is 0 Å². The summed E-state index contributed by atoms with van der Waals surface area (Å²) in [6.45, 7) is 2.62. The fourth-order valence-electron chi connectivity index (χ4n) is 2.53. The predicted octanol–water partition coefficient (Wildman–Crippen LogP) is 4.62. The van der Waals surface area contributed by atoms with Gasteiger partial charge in [-0.05, 0) is 25.0 Å². The second-order valence-corrected chi connectivity index (χ2v) is 7.13. The summed E-state index contributed by atoms with van der Waals surface area (Å²) in [5.74, 6) is 1.17. The number of aromatic nitrogens is 1. The van der Waals surface area contributed by atoms with Crippen molar-refractivity contribution in [1.29, 1.82) is 0 Å². The Labute approximate surface area is 197 Å². The van der Waals surface area contributed by atoms with E-state index >= 15 is 0 Å². The molecule has 2 N–H and O–H groups in total. The lowest BCUT2D eigenvalue weighted by molar-refractivity contribution is -0.0505. The maximum Gasteiger partial charge on any atom is 0.387 e. The second-order valence-electron chi connectivity index (χ2n) is 6.19. The maximum atomic E-state index is 12.8. The lowest BCUT2D eigenvalue weighted by Gasteiger charge is -2.15. The molecule has 0 aliphatic carbocycles. The van der Waals surface area contributed by atoms with Crippen LogP contribution in [0, 0.1) is 0 Å². The minimum atomic E-state index is -2.90. The molecule has 0 bridgehead atoms. The van der Waals surface area contributed by atoms with Crippen LogP contribution in [-0.2, 0) is 19.4 Å². The molecule has 0 saturated heterocycles. The number of thiazole rings is 1. The van der Waals surface area contributed by atoms with Crippen molar-refractivity contribution in [2.24, 2.45) is 4.99 Å². The third-order valence-corrected chi connectivity index (χ3v) is 5.01. The van der Waals surface area contributed by atoms with Crippen molar-refractivity contribution < 1.29 is 18.3 Å². The van der Waals surface area contributed by atoms with Crippen molar-refractivity contribution in [2.75, 3.05) is 20.2 Å². The quantitative estimate of drug-likeness (QED) is 0.241. The number of guanidine groups is 1. The first-order valence-corrected chi connectivity index (χ1v) is 10.5. The topological polar surface area (TPSA) is 67.8 Å². The number of hydrogen-bond acceptors (Lipinski definition) is 5. The van der Waals surface area contributed by atoms with Gasteiger partial charge in [0.1, 0.15) is 11.5 Å². The number of alkyl halides is 2. The van der Waals surface area contributed by atoms with E-state index in [-0.39, 0.29) is 36.3 Å². The van der Waals surface area contributed by atoms with Crippen molar-refractivity contribution in [3.63, 3.8) is 0 Å². The molecule has 0 aliphatic rings. The maximum absolute atomic E-state index is 12.8. The molecule has 1 heterocycles. The zero-order chi connectivity index (χ0) is 21.1. The van der Waals surface area contributed by atoms with Crippen molar-refractivity contribution in [3.05, 3.63) is 39.8 Å². The molecule has 0 radical (unpaired) electrons. The van der Waals surface area contributed by atoms with Crippen molar-refractivity contribution in [3.8, 4) is 11.5 Å². The number of halogens is 3. The zero-order valence-corrected chi connectivity index (χ0v) is 20.6. The van der Waals surface area contributed by atoms with E-state index in [1.54, 1.807) is 30.5 Å². The standard InChI is InChI=1S/C20H28F2N4O2S.HI/c1-4-10-27-16-7-6-14(17(11-16)28-19(21)22)12-25-20(23-3)24-9-8-15-13-29-18(5-2)26-15;/h6-7,11,13,19H,4-5,8-10,12H2,1-3H3,(H2,23,24,25);1H. The molecular formula is C20H29F2IN4O2S. The summed E-state index contributed by atoms with van der Waals surface area (Å²) < 4.78 is 35.7. The summed E-state index contributed by atoms with van der Waals surface area (Å²) in [4.78, 5) is 8.70. The molecule has 168 valence electrons. The highest BCUT2D eigenvalue weighted by molar-refractivity contribution is 14.0. The summed E-state index contributed by atoms with van der Waals surface area (Å²) in [6, 6.07) is 4.95. The average molecular weight is 554 g/mol. The summed E-state index contributed by atoms with van der Waals surface area (Å²) in [6.07, 6.45) is 2.55. The third-order valence-electron chi connectivity index (χ3n) is 3.97. The lowest BCUT2D eigenvalue weighted by atomic mass is 10.2. The number of aliphatic imine (C=N–C) groups is 1. The average Bonchev–Trinajstić information content (AvgIpc) is 3.17. The highest BCUT2D eigenvalue weighted by Gasteiger charge is 2.12. The number of aryl methyl sites for hydroxylation is 1. The molecule has 0 saturated carbocycles.